The predicted molar refractivity (Wildman–Crippen MR) is 265 cm³/mol. The molecule has 1 unspecified atom stereocenters. The molecule has 0 saturated carbocycles. The van der Waals surface area contributed by atoms with Gasteiger partial charge in [0.05, 0.1) is 0 Å². The maximum Gasteiger partial charge on any atom is 0.137 e. The van der Waals surface area contributed by atoms with Crippen LogP contribution in [0.4, 0.5) is 17.1 Å². The molecule has 1 aliphatic rings. The minimum absolute atomic E-state index is 0.395. The number of allylic oxidation sites excluding steroid dienone is 4. The lowest BCUT2D eigenvalue weighted by molar-refractivity contribution is 0.669. The van der Waals surface area contributed by atoms with E-state index in [1.807, 2.05) is 6.07 Å². The van der Waals surface area contributed by atoms with Crippen LogP contribution in [0.25, 0.3) is 49.4 Å². The van der Waals surface area contributed by atoms with Crippen LogP contribution < -0.4 is 4.90 Å². The van der Waals surface area contributed by atoms with Crippen LogP contribution in [0.15, 0.2) is 235 Å². The number of hydrogen-bond donors (Lipinski definition) is 0. The minimum atomic E-state index is 0.395. The Kier molecular flexibility index (Phi) is 10.3. The van der Waals surface area contributed by atoms with Gasteiger partial charge in [0.1, 0.15) is 11.2 Å². The number of para-hydroxylation sites is 1. The van der Waals surface area contributed by atoms with Gasteiger partial charge < -0.3 is 9.32 Å². The van der Waals surface area contributed by atoms with Crippen molar-refractivity contribution in [3.8, 4) is 11.1 Å². The fraction of sp³-hybridized carbons (Fsp3) is 0.0820. The highest BCUT2D eigenvalue weighted by Gasteiger charge is 2.21. The molecular formula is C61H47NO. The lowest BCUT2D eigenvalue weighted by atomic mass is 9.82. The molecule has 0 saturated heterocycles. The Morgan fingerprint density at radius 3 is 1.90 bits per heavy atom. The Labute approximate surface area is 369 Å². The van der Waals surface area contributed by atoms with Gasteiger partial charge in [-0.15, -0.1) is 0 Å². The van der Waals surface area contributed by atoms with Crippen LogP contribution in [0.3, 0.4) is 0 Å². The van der Waals surface area contributed by atoms with E-state index in [-0.39, 0.29) is 0 Å². The van der Waals surface area contributed by atoms with E-state index in [4.69, 9.17) is 4.42 Å². The van der Waals surface area contributed by atoms with Gasteiger partial charge in [-0.1, -0.05) is 176 Å². The number of nitrogens with zero attached hydrogens (tertiary/aromatic N) is 1. The van der Waals surface area contributed by atoms with E-state index in [9.17, 15) is 0 Å². The standard InChI is InChI=1S/C61H47NO/c1-3-15-43(16-4-1)37-49-22-10-12-24-56(49)57-35-33-53(41-51(57)39-44-17-5-2-6-18-44)62(54-34-36-59-58-25-13-14-26-60(58)63-61(59)42-54)52-31-27-45(28-32-52)38-48-21-9-11-23-55(48)50-30-29-46-19-7-8-20-47(46)40-50/h1-20,22-36,40-42,48H,21,37-39H2. The minimum Gasteiger partial charge on any atom is -0.456 e. The molecule has 1 atom stereocenters. The van der Waals surface area contributed by atoms with Crippen LogP contribution in [0, 0.1) is 5.92 Å². The van der Waals surface area contributed by atoms with Crippen molar-refractivity contribution >= 4 is 55.3 Å². The summed E-state index contributed by atoms with van der Waals surface area (Å²) in [6, 6.07) is 77.4. The Bertz CT molecular complexity index is 3280. The average Bonchev–Trinajstić information content (AvgIpc) is 3.71. The summed E-state index contributed by atoms with van der Waals surface area (Å²) in [5.41, 5.74) is 16.8. The number of benzene rings is 9. The quantitative estimate of drug-likeness (QED) is 0.129. The molecule has 0 spiro atoms. The van der Waals surface area contributed by atoms with Gasteiger partial charge >= 0.3 is 0 Å². The molecule has 0 fully saturated rings. The molecule has 1 aliphatic carbocycles. The summed E-state index contributed by atoms with van der Waals surface area (Å²) in [7, 11) is 0. The zero-order chi connectivity index (χ0) is 42.0. The third-order valence-electron chi connectivity index (χ3n) is 12.8. The molecule has 0 amide bonds. The van der Waals surface area contributed by atoms with E-state index in [2.05, 4.69) is 229 Å². The topological polar surface area (TPSA) is 16.4 Å². The molecule has 0 aliphatic heterocycles. The molecule has 0 N–H and O–H groups in total. The molecule has 63 heavy (non-hydrogen) atoms. The highest BCUT2D eigenvalue weighted by molar-refractivity contribution is 6.06. The monoisotopic (exact) mass is 809 g/mol. The SMILES string of the molecule is C1=CCC(Cc2ccc(N(c3ccc(-c4ccccc4Cc4ccccc4)c(Cc4ccccc4)c3)c3ccc4c(c3)oc3ccccc34)cc2)C(c2ccc3ccccc3c2)=C1. The molecule has 1 aromatic heterocycles. The number of hydrogen-bond acceptors (Lipinski definition) is 2. The van der Waals surface area contributed by atoms with Gasteiger partial charge in [0.15, 0.2) is 0 Å². The van der Waals surface area contributed by atoms with Crippen molar-refractivity contribution in [3.63, 3.8) is 0 Å². The number of furan rings is 1. The first kappa shape index (κ1) is 38.3. The van der Waals surface area contributed by atoms with Gasteiger partial charge in [-0.2, -0.15) is 0 Å². The highest BCUT2D eigenvalue weighted by atomic mass is 16.3. The van der Waals surface area contributed by atoms with Crippen molar-refractivity contribution in [2.45, 2.75) is 25.7 Å². The zero-order valence-corrected chi connectivity index (χ0v) is 35.2. The van der Waals surface area contributed by atoms with Crippen molar-refractivity contribution in [2.24, 2.45) is 5.92 Å². The summed E-state index contributed by atoms with van der Waals surface area (Å²) >= 11 is 0. The lowest BCUT2D eigenvalue weighted by Crippen LogP contribution is -2.12. The molecule has 0 radical (unpaired) electrons. The molecule has 11 rings (SSSR count). The molecule has 1 heterocycles. The smallest absolute Gasteiger partial charge is 0.137 e. The summed E-state index contributed by atoms with van der Waals surface area (Å²) < 4.78 is 6.49. The van der Waals surface area contributed by atoms with Crippen LogP contribution in [-0.4, -0.2) is 0 Å². The van der Waals surface area contributed by atoms with Crippen molar-refractivity contribution in [3.05, 3.63) is 264 Å². The molecular weight excluding hydrogens is 763 g/mol. The first-order chi connectivity index (χ1) is 31.2. The highest BCUT2D eigenvalue weighted by Crippen LogP contribution is 2.42. The van der Waals surface area contributed by atoms with Gasteiger partial charge in [-0.25, -0.2) is 0 Å². The van der Waals surface area contributed by atoms with Gasteiger partial charge in [-0.05, 0) is 141 Å². The van der Waals surface area contributed by atoms with Crippen molar-refractivity contribution in [1.82, 2.24) is 0 Å². The van der Waals surface area contributed by atoms with Gasteiger partial charge in [0, 0.05) is 33.9 Å². The number of rotatable bonds is 11. The lowest BCUT2D eigenvalue weighted by Gasteiger charge is -2.27. The average molecular weight is 810 g/mol. The summed E-state index contributed by atoms with van der Waals surface area (Å²) in [4.78, 5) is 2.40. The van der Waals surface area contributed by atoms with Crippen molar-refractivity contribution in [1.29, 1.82) is 0 Å². The molecule has 302 valence electrons. The van der Waals surface area contributed by atoms with E-state index < -0.39 is 0 Å². The van der Waals surface area contributed by atoms with Crippen LogP contribution in [0.5, 0.6) is 0 Å². The molecule has 9 aromatic carbocycles. The molecule has 10 aromatic rings. The second-order valence-electron chi connectivity index (χ2n) is 16.9. The largest absolute Gasteiger partial charge is 0.456 e. The summed E-state index contributed by atoms with van der Waals surface area (Å²) in [5.74, 6) is 0.395. The summed E-state index contributed by atoms with van der Waals surface area (Å²) in [5, 5.41) is 4.81. The Morgan fingerprint density at radius 2 is 1.08 bits per heavy atom. The third-order valence-corrected chi connectivity index (χ3v) is 12.8. The van der Waals surface area contributed by atoms with Crippen molar-refractivity contribution < 1.29 is 4.42 Å². The number of anilines is 3. The van der Waals surface area contributed by atoms with Crippen LogP contribution in [0.2, 0.25) is 0 Å². The summed E-state index contributed by atoms with van der Waals surface area (Å²) in [6.07, 6.45) is 10.5. The van der Waals surface area contributed by atoms with Crippen LogP contribution in [0.1, 0.15) is 39.8 Å². The fourth-order valence-electron chi connectivity index (χ4n) is 9.64. The second-order valence-corrected chi connectivity index (χ2v) is 16.9. The molecule has 2 heteroatoms. The fourth-order valence-corrected chi connectivity index (χ4v) is 9.64. The van der Waals surface area contributed by atoms with E-state index in [0.717, 1.165) is 64.7 Å². The Morgan fingerprint density at radius 1 is 0.444 bits per heavy atom. The zero-order valence-electron chi connectivity index (χ0n) is 35.2. The maximum absolute atomic E-state index is 6.49. The second kappa shape index (κ2) is 17.0. The molecule has 0 bridgehead atoms. The van der Waals surface area contributed by atoms with Crippen LogP contribution >= 0.6 is 0 Å². The first-order valence-corrected chi connectivity index (χ1v) is 22.2. The first-order valence-electron chi connectivity index (χ1n) is 22.2. The number of fused-ring (bicyclic) bond motifs is 4. The van der Waals surface area contributed by atoms with Gasteiger partial charge in [0.2, 0.25) is 0 Å². The van der Waals surface area contributed by atoms with E-state index in [1.165, 1.54) is 60.9 Å². The van der Waals surface area contributed by atoms with E-state index in [0.29, 0.717) is 5.92 Å². The van der Waals surface area contributed by atoms with Gasteiger partial charge in [0.25, 0.3) is 0 Å². The van der Waals surface area contributed by atoms with Crippen molar-refractivity contribution in [2.75, 3.05) is 4.90 Å². The summed E-state index contributed by atoms with van der Waals surface area (Å²) in [6.45, 7) is 0. The maximum atomic E-state index is 6.49. The third kappa shape index (κ3) is 7.89. The van der Waals surface area contributed by atoms with E-state index >= 15 is 0 Å². The van der Waals surface area contributed by atoms with Crippen LogP contribution in [-0.2, 0) is 19.3 Å². The molecule has 2 nitrogen and oxygen atoms in total. The van der Waals surface area contributed by atoms with E-state index in [1.54, 1.807) is 0 Å². The van der Waals surface area contributed by atoms with Gasteiger partial charge in [-0.3, -0.25) is 0 Å². The Hall–Kier alpha value is -7.68. The predicted octanol–water partition coefficient (Wildman–Crippen LogP) is 16.3. The Balaban J connectivity index is 0.992. The normalized spacial score (nSPS) is 13.7.